The fraction of sp³-hybridized carbons (Fsp3) is 0.818. The van der Waals surface area contributed by atoms with Gasteiger partial charge in [-0.3, -0.25) is 0 Å². The van der Waals surface area contributed by atoms with Crippen LogP contribution in [0, 0.1) is 5.92 Å². The van der Waals surface area contributed by atoms with Crippen molar-refractivity contribution < 1.29 is 0 Å². The van der Waals surface area contributed by atoms with Crippen LogP contribution in [0.25, 0.3) is 0 Å². The molecule has 1 aromatic rings. The molecule has 0 bridgehead atoms. The van der Waals surface area contributed by atoms with E-state index in [1.807, 2.05) is 4.68 Å². The minimum Gasteiger partial charge on any atom is -0.308 e. The van der Waals surface area contributed by atoms with E-state index < -0.39 is 0 Å². The molecule has 16 heavy (non-hydrogen) atoms. The van der Waals surface area contributed by atoms with Crippen molar-refractivity contribution in [1.29, 1.82) is 0 Å². The Hall–Kier alpha value is -0.610. The number of rotatable bonds is 6. The van der Waals surface area contributed by atoms with Gasteiger partial charge in [-0.1, -0.05) is 13.8 Å². The summed E-state index contributed by atoms with van der Waals surface area (Å²) in [5, 5.41) is 7.65. The van der Waals surface area contributed by atoms with Gasteiger partial charge in [-0.05, 0) is 19.8 Å². The summed E-state index contributed by atoms with van der Waals surface area (Å²) in [6, 6.07) is 0.344. The van der Waals surface area contributed by atoms with Crippen molar-refractivity contribution in [2.45, 2.75) is 45.7 Å². The third-order valence-corrected chi connectivity index (χ3v) is 3.14. The van der Waals surface area contributed by atoms with E-state index >= 15 is 0 Å². The minimum atomic E-state index is 0.162. The van der Waals surface area contributed by atoms with Crippen LogP contribution in [0.3, 0.4) is 0 Å². The van der Waals surface area contributed by atoms with Crippen LogP contribution in [0.15, 0.2) is 6.33 Å². The molecule has 0 amide bonds. The van der Waals surface area contributed by atoms with Gasteiger partial charge in [0, 0.05) is 18.0 Å². The Kier molecular flexibility index (Phi) is 5.22. The lowest BCUT2D eigenvalue weighted by molar-refractivity contribution is 0.479. The van der Waals surface area contributed by atoms with E-state index in [2.05, 4.69) is 43.1 Å². The molecule has 0 aliphatic rings. The summed E-state index contributed by atoms with van der Waals surface area (Å²) < 4.78 is 1.92. The highest BCUT2D eigenvalue weighted by Crippen LogP contribution is 2.08. The molecular weight excluding hydrogens is 224 g/mol. The number of halogens is 1. The van der Waals surface area contributed by atoms with Gasteiger partial charge < -0.3 is 5.32 Å². The molecule has 0 radical (unpaired) electrons. The molecule has 1 N–H and O–H groups in total. The van der Waals surface area contributed by atoms with Gasteiger partial charge >= 0.3 is 0 Å². The molecule has 0 aliphatic heterocycles. The Morgan fingerprint density at radius 2 is 2.06 bits per heavy atom. The molecule has 0 fully saturated rings. The second-order valence-corrected chi connectivity index (χ2v) is 5.17. The molecule has 0 aromatic carbocycles. The zero-order valence-electron chi connectivity index (χ0n) is 10.4. The van der Waals surface area contributed by atoms with Crippen LogP contribution < -0.4 is 5.32 Å². The van der Waals surface area contributed by atoms with Gasteiger partial charge in [0.25, 0.3) is 0 Å². The number of alkyl halides is 1. The van der Waals surface area contributed by atoms with Crippen molar-refractivity contribution in [3.63, 3.8) is 0 Å². The highest BCUT2D eigenvalue weighted by molar-refractivity contribution is 6.20. The molecule has 92 valence electrons. The van der Waals surface area contributed by atoms with Crippen LogP contribution >= 0.6 is 11.6 Å². The van der Waals surface area contributed by atoms with Gasteiger partial charge in [0.2, 0.25) is 0 Å². The van der Waals surface area contributed by atoms with Crippen LogP contribution in [0.5, 0.6) is 0 Å². The first-order valence-corrected chi connectivity index (χ1v) is 6.19. The topological polar surface area (TPSA) is 42.7 Å². The molecule has 0 saturated heterocycles. The molecule has 0 saturated carbocycles. The normalized spacial score (nSPS) is 13.7. The van der Waals surface area contributed by atoms with E-state index in [1.165, 1.54) is 0 Å². The average molecular weight is 245 g/mol. The van der Waals surface area contributed by atoms with Crippen molar-refractivity contribution in [2.75, 3.05) is 6.54 Å². The fourth-order valence-electron chi connectivity index (χ4n) is 1.39. The van der Waals surface area contributed by atoms with Crippen LogP contribution in [0.2, 0.25) is 0 Å². The molecular formula is C11H21ClN4. The van der Waals surface area contributed by atoms with Crippen LogP contribution in [0.1, 0.15) is 39.6 Å². The highest BCUT2D eigenvalue weighted by atomic mass is 35.5. The van der Waals surface area contributed by atoms with Crippen molar-refractivity contribution in [2.24, 2.45) is 5.92 Å². The van der Waals surface area contributed by atoms with Gasteiger partial charge in [-0.25, -0.2) is 9.67 Å². The largest absolute Gasteiger partial charge is 0.308 e. The first-order valence-electron chi connectivity index (χ1n) is 5.75. The summed E-state index contributed by atoms with van der Waals surface area (Å²) in [4.78, 5) is 4.23. The van der Waals surface area contributed by atoms with Gasteiger partial charge in [-0.2, -0.15) is 5.10 Å². The van der Waals surface area contributed by atoms with Gasteiger partial charge in [-0.15, -0.1) is 11.6 Å². The molecule has 5 heteroatoms. The zero-order chi connectivity index (χ0) is 12.1. The summed E-state index contributed by atoms with van der Waals surface area (Å²) in [6.45, 7) is 9.94. The number of hydrogen-bond acceptors (Lipinski definition) is 3. The summed E-state index contributed by atoms with van der Waals surface area (Å²) >= 11 is 6.15. The number of aromatic nitrogens is 3. The summed E-state index contributed by atoms with van der Waals surface area (Å²) in [7, 11) is 0. The van der Waals surface area contributed by atoms with E-state index in [0.717, 1.165) is 12.4 Å². The minimum absolute atomic E-state index is 0.162. The fourth-order valence-corrected chi connectivity index (χ4v) is 1.50. The Morgan fingerprint density at radius 3 is 2.62 bits per heavy atom. The molecule has 1 atom stereocenters. The Morgan fingerprint density at radius 1 is 1.38 bits per heavy atom. The van der Waals surface area contributed by atoms with Crippen molar-refractivity contribution in [1.82, 2.24) is 20.1 Å². The maximum atomic E-state index is 6.15. The Labute approximate surface area is 102 Å². The second-order valence-electron chi connectivity index (χ2n) is 4.61. The lowest BCUT2D eigenvalue weighted by atomic mass is 10.1. The number of nitrogens with zero attached hydrogens (tertiary/aromatic N) is 3. The summed E-state index contributed by atoms with van der Waals surface area (Å²) in [6.07, 6.45) is 1.59. The van der Waals surface area contributed by atoms with Crippen molar-refractivity contribution in [3.8, 4) is 0 Å². The second kappa shape index (κ2) is 6.21. The van der Waals surface area contributed by atoms with E-state index in [0.29, 0.717) is 18.5 Å². The van der Waals surface area contributed by atoms with Crippen LogP contribution in [0.4, 0.5) is 0 Å². The quantitative estimate of drug-likeness (QED) is 0.781. The molecule has 1 aromatic heterocycles. The van der Waals surface area contributed by atoms with Gasteiger partial charge in [0.15, 0.2) is 0 Å². The van der Waals surface area contributed by atoms with Gasteiger partial charge in [0.1, 0.15) is 12.2 Å². The first kappa shape index (κ1) is 13.5. The maximum Gasteiger partial charge on any atom is 0.141 e. The lowest BCUT2D eigenvalue weighted by Crippen LogP contribution is -2.27. The standard InChI is InChI=1S/C11H21ClN4/c1-8(2)10(12)5-13-6-11-14-7-15-16(11)9(3)4/h7-10,13H,5-6H2,1-4H3. The third kappa shape index (κ3) is 3.76. The van der Waals surface area contributed by atoms with E-state index in [4.69, 9.17) is 11.6 Å². The molecule has 1 unspecified atom stereocenters. The average Bonchev–Trinajstić information content (AvgIpc) is 2.65. The SMILES string of the molecule is CC(C)C(Cl)CNCc1ncnn1C(C)C. The molecule has 1 heterocycles. The lowest BCUT2D eigenvalue weighted by Gasteiger charge is -2.14. The Bertz CT molecular complexity index is 309. The number of nitrogens with one attached hydrogen (secondary N) is 1. The van der Waals surface area contributed by atoms with Crippen LogP contribution in [-0.4, -0.2) is 26.7 Å². The van der Waals surface area contributed by atoms with Gasteiger partial charge in [0.05, 0.1) is 6.54 Å². The molecule has 0 spiro atoms. The predicted octanol–water partition coefficient (Wildman–Crippen LogP) is 2.21. The van der Waals surface area contributed by atoms with E-state index in [-0.39, 0.29) is 5.38 Å². The predicted molar refractivity (Wildman–Crippen MR) is 66.6 cm³/mol. The molecule has 4 nitrogen and oxygen atoms in total. The van der Waals surface area contributed by atoms with Crippen molar-refractivity contribution in [3.05, 3.63) is 12.2 Å². The smallest absolute Gasteiger partial charge is 0.141 e. The van der Waals surface area contributed by atoms with E-state index in [1.54, 1.807) is 6.33 Å². The summed E-state index contributed by atoms with van der Waals surface area (Å²) in [5.41, 5.74) is 0. The van der Waals surface area contributed by atoms with Crippen molar-refractivity contribution >= 4 is 11.6 Å². The number of hydrogen-bond donors (Lipinski definition) is 1. The maximum absolute atomic E-state index is 6.15. The summed E-state index contributed by atoms with van der Waals surface area (Å²) in [5.74, 6) is 1.44. The third-order valence-electron chi connectivity index (χ3n) is 2.48. The molecule has 1 rings (SSSR count). The monoisotopic (exact) mass is 244 g/mol. The van der Waals surface area contributed by atoms with Crippen LogP contribution in [-0.2, 0) is 6.54 Å². The Balaban J connectivity index is 2.40. The van der Waals surface area contributed by atoms with E-state index in [9.17, 15) is 0 Å². The highest BCUT2D eigenvalue weighted by Gasteiger charge is 2.10. The first-order chi connectivity index (χ1) is 7.52. The molecule has 0 aliphatic carbocycles. The zero-order valence-corrected chi connectivity index (χ0v) is 11.2.